The Bertz CT molecular complexity index is 1900. The number of pyridine rings is 1. The molecular weight excluding hydrogens is 550 g/mol. The molecule has 3 aromatic carbocycles. The van der Waals surface area contributed by atoms with Crippen molar-refractivity contribution >= 4 is 57.0 Å². The molecule has 3 aromatic heterocycles. The lowest BCUT2D eigenvalue weighted by Gasteiger charge is -2.11. The number of benzene rings is 3. The lowest BCUT2D eigenvalue weighted by Crippen LogP contribution is -1.97. The largest absolute Gasteiger partial charge is 0.481 e. The molecule has 0 saturated heterocycles. The molecule has 4 N–H and O–H groups in total. The quantitative estimate of drug-likeness (QED) is 0.173. The van der Waals surface area contributed by atoms with Gasteiger partial charge >= 0.3 is 11.9 Å². The van der Waals surface area contributed by atoms with E-state index >= 15 is 0 Å². The van der Waals surface area contributed by atoms with E-state index in [1.165, 1.54) is 0 Å². The molecule has 11 nitrogen and oxygen atoms in total. The molecule has 13 heteroatoms. The molecule has 0 spiro atoms. The van der Waals surface area contributed by atoms with E-state index in [0.717, 1.165) is 67.3 Å². The first-order valence-electron chi connectivity index (χ1n) is 11.9. The first-order chi connectivity index (χ1) is 19.4. The van der Waals surface area contributed by atoms with E-state index in [1.54, 1.807) is 12.4 Å². The van der Waals surface area contributed by atoms with Crippen LogP contribution in [0.2, 0.25) is 0 Å². The van der Waals surface area contributed by atoms with Crippen LogP contribution in [0.5, 0.6) is 0 Å². The molecule has 0 fully saturated rings. The molecule has 3 heterocycles. The van der Waals surface area contributed by atoms with Crippen molar-refractivity contribution in [3.8, 4) is 33.9 Å². The number of rotatable bonds is 9. The molecule has 198 valence electrons. The van der Waals surface area contributed by atoms with Gasteiger partial charge in [-0.1, -0.05) is 53.9 Å². The third-order valence-electron chi connectivity index (χ3n) is 6.06. The Hall–Kier alpha value is -4.75. The van der Waals surface area contributed by atoms with E-state index in [9.17, 15) is 9.59 Å². The Morgan fingerprint density at radius 1 is 0.725 bits per heavy atom. The van der Waals surface area contributed by atoms with Crippen LogP contribution in [0.4, 0.5) is 0 Å². The van der Waals surface area contributed by atoms with Crippen molar-refractivity contribution in [3.05, 3.63) is 67.0 Å². The molecular formula is C27H19N7O4S2. The number of hydrogen-bond donors (Lipinski definition) is 4. The number of hydrogen-bond acceptors (Lipinski definition) is 9. The maximum atomic E-state index is 11.0. The van der Waals surface area contributed by atoms with Crippen LogP contribution in [0, 0.1) is 0 Å². The zero-order valence-electron chi connectivity index (χ0n) is 20.5. The van der Waals surface area contributed by atoms with Gasteiger partial charge in [0, 0.05) is 28.9 Å². The zero-order chi connectivity index (χ0) is 27.6. The summed E-state index contributed by atoms with van der Waals surface area (Å²) in [6, 6.07) is 18.0. The molecule has 0 aliphatic rings. The number of aromatic nitrogens is 7. The molecule has 40 heavy (non-hydrogen) atoms. The van der Waals surface area contributed by atoms with Crippen LogP contribution in [0.15, 0.2) is 77.3 Å². The second-order valence-electron chi connectivity index (χ2n) is 8.66. The van der Waals surface area contributed by atoms with Crippen molar-refractivity contribution in [2.75, 3.05) is 11.5 Å². The van der Waals surface area contributed by atoms with Gasteiger partial charge < -0.3 is 10.2 Å². The molecule has 0 atom stereocenters. The van der Waals surface area contributed by atoms with E-state index in [1.807, 2.05) is 42.5 Å². The topological polar surface area (TPSA) is 171 Å². The predicted molar refractivity (Wildman–Crippen MR) is 152 cm³/mol. The normalized spacial score (nSPS) is 11.3. The fourth-order valence-corrected chi connectivity index (χ4v) is 5.38. The van der Waals surface area contributed by atoms with Gasteiger partial charge in [0.15, 0.2) is 11.6 Å². The zero-order valence-corrected chi connectivity index (χ0v) is 22.2. The van der Waals surface area contributed by atoms with Gasteiger partial charge in [-0.25, -0.2) is 9.97 Å². The summed E-state index contributed by atoms with van der Waals surface area (Å²) in [5, 5.41) is 36.7. The Balaban J connectivity index is 1.43. The van der Waals surface area contributed by atoms with Gasteiger partial charge in [-0.05, 0) is 51.6 Å². The lowest BCUT2D eigenvalue weighted by molar-refractivity contribution is -0.134. The number of aromatic amines is 2. The van der Waals surface area contributed by atoms with Gasteiger partial charge in [-0.2, -0.15) is 0 Å². The highest BCUT2D eigenvalue weighted by Gasteiger charge is 2.15. The van der Waals surface area contributed by atoms with Crippen LogP contribution in [0.1, 0.15) is 0 Å². The molecule has 0 aliphatic carbocycles. The molecule has 0 unspecified atom stereocenters. The Morgan fingerprint density at radius 3 is 2.12 bits per heavy atom. The van der Waals surface area contributed by atoms with Gasteiger partial charge in [0.25, 0.3) is 0 Å². The Morgan fingerprint density at radius 2 is 1.43 bits per heavy atom. The fraction of sp³-hybridized carbons (Fsp3) is 0.0741. The van der Waals surface area contributed by atoms with Crippen molar-refractivity contribution in [1.82, 2.24) is 35.3 Å². The molecule has 0 amide bonds. The number of fused-ring (bicyclic) bond motifs is 2. The highest BCUT2D eigenvalue weighted by Crippen LogP contribution is 2.36. The number of carboxylic acid groups (broad SMARTS) is 2. The predicted octanol–water partition coefficient (Wildman–Crippen LogP) is 4.98. The van der Waals surface area contributed by atoms with Crippen LogP contribution >= 0.6 is 23.5 Å². The number of carbonyl (C=O) groups is 2. The van der Waals surface area contributed by atoms with Crippen LogP contribution < -0.4 is 0 Å². The summed E-state index contributed by atoms with van der Waals surface area (Å²) < 4.78 is 0. The maximum Gasteiger partial charge on any atom is 0.313 e. The Labute approximate surface area is 234 Å². The maximum absolute atomic E-state index is 11.0. The number of nitrogens with zero attached hydrogens (tertiary/aromatic N) is 5. The summed E-state index contributed by atoms with van der Waals surface area (Å²) in [6.07, 6.45) is 3.50. The third-order valence-corrected chi connectivity index (χ3v) is 7.72. The number of carboxylic acids is 2. The van der Waals surface area contributed by atoms with E-state index in [-0.39, 0.29) is 11.5 Å². The van der Waals surface area contributed by atoms with Crippen molar-refractivity contribution < 1.29 is 19.8 Å². The number of nitrogens with one attached hydrogen (secondary N) is 2. The Kier molecular flexibility index (Phi) is 6.88. The minimum absolute atomic E-state index is 0.124. The summed E-state index contributed by atoms with van der Waals surface area (Å²) in [4.78, 5) is 35.2. The molecule has 6 rings (SSSR count). The first-order valence-corrected chi connectivity index (χ1v) is 13.9. The summed E-state index contributed by atoms with van der Waals surface area (Å²) in [5.41, 5.74) is 3.53. The van der Waals surface area contributed by atoms with Crippen LogP contribution in [-0.2, 0) is 9.59 Å². The number of thioether (sulfide) groups is 2. The minimum Gasteiger partial charge on any atom is -0.481 e. The highest BCUT2D eigenvalue weighted by atomic mass is 32.2. The smallest absolute Gasteiger partial charge is 0.313 e. The summed E-state index contributed by atoms with van der Waals surface area (Å²) in [5.74, 6) is -1.05. The van der Waals surface area contributed by atoms with E-state index in [2.05, 4.69) is 47.5 Å². The van der Waals surface area contributed by atoms with Crippen molar-refractivity contribution in [3.63, 3.8) is 0 Å². The minimum atomic E-state index is -0.939. The number of H-pyrrole nitrogens is 2. The van der Waals surface area contributed by atoms with Crippen molar-refractivity contribution in [1.29, 1.82) is 0 Å². The SMILES string of the molecule is O=C(O)CSc1n[nH]c(-c2cc(-c3ccc4cccc(-c5nc(SCC(=O)O)n[nH]5)c4c3)cc3cnccc23)n1. The van der Waals surface area contributed by atoms with Crippen LogP contribution in [0.25, 0.3) is 55.4 Å². The molecule has 6 aromatic rings. The molecule has 0 radical (unpaired) electrons. The second kappa shape index (κ2) is 10.8. The molecule has 0 bridgehead atoms. The molecule has 0 saturated carbocycles. The number of aliphatic carboxylic acids is 2. The summed E-state index contributed by atoms with van der Waals surface area (Å²) >= 11 is 2.10. The van der Waals surface area contributed by atoms with Crippen molar-refractivity contribution in [2.45, 2.75) is 10.3 Å². The third kappa shape index (κ3) is 5.24. The summed E-state index contributed by atoms with van der Waals surface area (Å²) in [7, 11) is 0. The standard InChI is InChI=1S/C27H19N7O4S2/c35-22(36)12-39-26-29-24(31-33-26)19-3-1-2-14-4-5-15(9-20(14)19)16-8-17-11-28-7-6-18(17)21(10-16)25-30-27(34-32-25)40-13-23(37)38/h1-11H,12-13H2,(H,35,36)(H,37,38)(H,29,31,33)(H,30,32,34). The van der Waals surface area contributed by atoms with E-state index in [4.69, 9.17) is 10.2 Å². The summed E-state index contributed by atoms with van der Waals surface area (Å²) in [6.45, 7) is 0. The van der Waals surface area contributed by atoms with Gasteiger partial charge in [0.05, 0.1) is 11.5 Å². The van der Waals surface area contributed by atoms with E-state index < -0.39 is 11.9 Å². The fourth-order valence-electron chi connectivity index (χ4n) is 4.35. The average molecular weight is 570 g/mol. The van der Waals surface area contributed by atoms with Gasteiger partial charge in [-0.3, -0.25) is 24.8 Å². The van der Waals surface area contributed by atoms with Crippen molar-refractivity contribution in [2.24, 2.45) is 0 Å². The lowest BCUT2D eigenvalue weighted by atomic mass is 9.94. The van der Waals surface area contributed by atoms with Crippen LogP contribution in [0.3, 0.4) is 0 Å². The van der Waals surface area contributed by atoms with E-state index in [0.29, 0.717) is 22.0 Å². The molecule has 0 aliphatic heterocycles. The second-order valence-corrected chi connectivity index (χ2v) is 10.5. The van der Waals surface area contributed by atoms with Gasteiger partial charge in [-0.15, -0.1) is 10.2 Å². The highest BCUT2D eigenvalue weighted by molar-refractivity contribution is 8.00. The van der Waals surface area contributed by atoms with Crippen LogP contribution in [-0.4, -0.2) is 69.0 Å². The monoisotopic (exact) mass is 569 g/mol. The van der Waals surface area contributed by atoms with Gasteiger partial charge in [0.1, 0.15) is 0 Å². The van der Waals surface area contributed by atoms with Gasteiger partial charge in [0.2, 0.25) is 10.3 Å². The first kappa shape index (κ1) is 25.5. The average Bonchev–Trinajstić information content (AvgIpc) is 3.64.